The first-order chi connectivity index (χ1) is 6.61. The Labute approximate surface area is 96.0 Å². The van der Waals surface area contributed by atoms with E-state index in [1.165, 1.54) is 0 Å². The standard InChI is InChI=1S/C10H10BrClN2/c1-6(2)14-10(12)7-4-3-5-8(11)9(7)13-14/h3-6H,1-2H3. The summed E-state index contributed by atoms with van der Waals surface area (Å²) >= 11 is 9.66. The van der Waals surface area contributed by atoms with E-state index in [-0.39, 0.29) is 6.04 Å². The fraction of sp³-hybridized carbons (Fsp3) is 0.300. The Morgan fingerprint density at radius 2 is 2.14 bits per heavy atom. The lowest BCUT2D eigenvalue weighted by Gasteiger charge is -2.05. The summed E-state index contributed by atoms with van der Waals surface area (Å²) in [5, 5.41) is 6.15. The molecular formula is C10H10BrClN2. The van der Waals surface area contributed by atoms with E-state index in [0.29, 0.717) is 5.15 Å². The zero-order chi connectivity index (χ0) is 10.3. The molecule has 1 aromatic heterocycles. The van der Waals surface area contributed by atoms with E-state index >= 15 is 0 Å². The quantitative estimate of drug-likeness (QED) is 0.767. The number of fused-ring (bicyclic) bond motifs is 1. The second-order valence-corrected chi connectivity index (χ2v) is 4.68. The van der Waals surface area contributed by atoms with Crippen LogP contribution in [0.2, 0.25) is 5.15 Å². The molecule has 2 rings (SSSR count). The van der Waals surface area contributed by atoms with E-state index in [9.17, 15) is 0 Å². The monoisotopic (exact) mass is 272 g/mol. The maximum absolute atomic E-state index is 6.20. The van der Waals surface area contributed by atoms with Crippen molar-refractivity contribution < 1.29 is 0 Å². The van der Waals surface area contributed by atoms with Crippen molar-refractivity contribution in [3.05, 3.63) is 27.8 Å². The van der Waals surface area contributed by atoms with Crippen LogP contribution in [-0.2, 0) is 0 Å². The number of hydrogen-bond donors (Lipinski definition) is 0. The van der Waals surface area contributed by atoms with E-state index in [1.807, 2.05) is 22.9 Å². The van der Waals surface area contributed by atoms with Gasteiger partial charge in [-0.1, -0.05) is 17.7 Å². The van der Waals surface area contributed by atoms with Gasteiger partial charge in [-0.15, -0.1) is 0 Å². The predicted molar refractivity (Wildman–Crippen MR) is 62.8 cm³/mol. The Bertz CT molecular complexity index is 476. The highest BCUT2D eigenvalue weighted by atomic mass is 79.9. The van der Waals surface area contributed by atoms with Gasteiger partial charge in [-0.3, -0.25) is 4.68 Å². The Morgan fingerprint density at radius 3 is 2.71 bits per heavy atom. The van der Waals surface area contributed by atoms with E-state index in [0.717, 1.165) is 15.4 Å². The number of aromatic nitrogens is 2. The van der Waals surface area contributed by atoms with E-state index in [2.05, 4.69) is 34.9 Å². The minimum atomic E-state index is 0.279. The molecule has 0 N–H and O–H groups in total. The molecule has 0 bridgehead atoms. The summed E-state index contributed by atoms with van der Waals surface area (Å²) < 4.78 is 2.81. The minimum absolute atomic E-state index is 0.279. The third-order valence-corrected chi connectivity index (χ3v) is 3.12. The molecule has 0 amide bonds. The first-order valence-corrected chi connectivity index (χ1v) is 5.60. The molecule has 2 aromatic rings. The van der Waals surface area contributed by atoms with E-state index in [4.69, 9.17) is 11.6 Å². The molecule has 0 radical (unpaired) electrons. The maximum Gasteiger partial charge on any atom is 0.135 e. The van der Waals surface area contributed by atoms with Crippen LogP contribution in [0.3, 0.4) is 0 Å². The highest BCUT2D eigenvalue weighted by Gasteiger charge is 2.12. The molecule has 14 heavy (non-hydrogen) atoms. The average Bonchev–Trinajstić information content (AvgIpc) is 2.46. The van der Waals surface area contributed by atoms with Crippen LogP contribution in [0.25, 0.3) is 10.9 Å². The average molecular weight is 274 g/mol. The molecule has 2 nitrogen and oxygen atoms in total. The molecule has 74 valence electrons. The fourth-order valence-corrected chi connectivity index (χ4v) is 2.23. The zero-order valence-corrected chi connectivity index (χ0v) is 10.3. The first-order valence-electron chi connectivity index (χ1n) is 4.43. The normalized spacial score (nSPS) is 11.5. The van der Waals surface area contributed by atoms with Crippen molar-refractivity contribution in [2.45, 2.75) is 19.9 Å². The number of halogens is 2. The molecule has 4 heteroatoms. The molecule has 0 spiro atoms. The summed E-state index contributed by atoms with van der Waals surface area (Å²) in [4.78, 5) is 0. The second-order valence-electron chi connectivity index (χ2n) is 3.47. The van der Waals surface area contributed by atoms with Crippen LogP contribution in [-0.4, -0.2) is 9.78 Å². The van der Waals surface area contributed by atoms with Crippen molar-refractivity contribution in [3.8, 4) is 0 Å². The van der Waals surface area contributed by atoms with Gasteiger partial charge in [0.25, 0.3) is 0 Å². The van der Waals surface area contributed by atoms with Crippen LogP contribution in [0.15, 0.2) is 22.7 Å². The van der Waals surface area contributed by atoms with Gasteiger partial charge in [0, 0.05) is 15.9 Å². The second kappa shape index (κ2) is 3.55. The lowest BCUT2D eigenvalue weighted by Crippen LogP contribution is -2.02. The van der Waals surface area contributed by atoms with Gasteiger partial charge in [-0.2, -0.15) is 5.10 Å². The molecule has 0 aliphatic carbocycles. The van der Waals surface area contributed by atoms with Gasteiger partial charge in [0.15, 0.2) is 0 Å². The summed E-state index contributed by atoms with van der Waals surface area (Å²) in [6.07, 6.45) is 0. The zero-order valence-electron chi connectivity index (χ0n) is 7.96. The van der Waals surface area contributed by atoms with Crippen LogP contribution >= 0.6 is 27.5 Å². The molecule has 0 saturated carbocycles. The molecule has 0 fully saturated rings. The van der Waals surface area contributed by atoms with Crippen molar-refractivity contribution in [2.75, 3.05) is 0 Å². The first kappa shape index (κ1) is 9.99. The molecular weight excluding hydrogens is 263 g/mol. The lowest BCUT2D eigenvalue weighted by atomic mass is 10.3. The van der Waals surface area contributed by atoms with Crippen molar-refractivity contribution >= 4 is 38.4 Å². The molecule has 0 saturated heterocycles. The lowest BCUT2D eigenvalue weighted by molar-refractivity contribution is 0.538. The Balaban J connectivity index is 2.80. The molecule has 0 aliphatic heterocycles. The minimum Gasteiger partial charge on any atom is -0.250 e. The van der Waals surface area contributed by atoms with Crippen molar-refractivity contribution in [1.82, 2.24) is 9.78 Å². The predicted octanol–water partition coefficient (Wildman–Crippen LogP) is 4.03. The third-order valence-electron chi connectivity index (χ3n) is 2.11. The Kier molecular flexibility index (Phi) is 2.54. The molecule has 0 atom stereocenters. The van der Waals surface area contributed by atoms with Crippen LogP contribution in [0, 0.1) is 0 Å². The van der Waals surface area contributed by atoms with Gasteiger partial charge < -0.3 is 0 Å². The molecule has 0 aliphatic rings. The van der Waals surface area contributed by atoms with Crippen LogP contribution in [0.4, 0.5) is 0 Å². The largest absolute Gasteiger partial charge is 0.250 e. The Morgan fingerprint density at radius 1 is 1.43 bits per heavy atom. The summed E-state index contributed by atoms with van der Waals surface area (Å²) in [7, 11) is 0. The number of hydrogen-bond acceptors (Lipinski definition) is 1. The van der Waals surface area contributed by atoms with Gasteiger partial charge in [-0.25, -0.2) is 0 Å². The summed E-state index contributed by atoms with van der Waals surface area (Å²) in [5.74, 6) is 0. The van der Waals surface area contributed by atoms with Gasteiger partial charge in [0.2, 0.25) is 0 Å². The van der Waals surface area contributed by atoms with Gasteiger partial charge in [-0.05, 0) is 41.9 Å². The topological polar surface area (TPSA) is 17.8 Å². The highest BCUT2D eigenvalue weighted by Crippen LogP contribution is 2.30. The maximum atomic E-state index is 6.20. The molecule has 1 aromatic carbocycles. The number of nitrogens with zero attached hydrogens (tertiary/aromatic N) is 2. The van der Waals surface area contributed by atoms with Crippen molar-refractivity contribution in [3.63, 3.8) is 0 Å². The van der Waals surface area contributed by atoms with E-state index < -0.39 is 0 Å². The number of benzene rings is 1. The van der Waals surface area contributed by atoms with Crippen LogP contribution in [0.5, 0.6) is 0 Å². The fourth-order valence-electron chi connectivity index (χ4n) is 1.40. The Hall–Kier alpha value is -0.540. The van der Waals surface area contributed by atoms with Gasteiger partial charge in [0.1, 0.15) is 10.7 Å². The summed E-state index contributed by atoms with van der Waals surface area (Å²) in [6.45, 7) is 4.12. The molecule has 1 heterocycles. The summed E-state index contributed by atoms with van der Waals surface area (Å²) in [6, 6.07) is 6.19. The SMILES string of the molecule is CC(C)n1nc2c(Br)cccc2c1Cl. The van der Waals surface area contributed by atoms with Gasteiger partial charge >= 0.3 is 0 Å². The smallest absolute Gasteiger partial charge is 0.135 e. The number of rotatable bonds is 1. The summed E-state index contributed by atoms with van der Waals surface area (Å²) in [5.41, 5.74) is 0.922. The molecule has 0 unspecified atom stereocenters. The van der Waals surface area contributed by atoms with Crippen molar-refractivity contribution in [2.24, 2.45) is 0 Å². The van der Waals surface area contributed by atoms with Crippen LogP contribution < -0.4 is 0 Å². The van der Waals surface area contributed by atoms with Crippen LogP contribution in [0.1, 0.15) is 19.9 Å². The van der Waals surface area contributed by atoms with E-state index in [1.54, 1.807) is 0 Å². The third kappa shape index (κ3) is 1.44. The highest BCUT2D eigenvalue weighted by molar-refractivity contribution is 9.10. The van der Waals surface area contributed by atoms with Gasteiger partial charge in [0.05, 0.1) is 0 Å². The van der Waals surface area contributed by atoms with Crippen molar-refractivity contribution in [1.29, 1.82) is 0 Å².